The van der Waals surface area contributed by atoms with E-state index >= 15 is 0 Å². The van der Waals surface area contributed by atoms with Gasteiger partial charge in [0, 0.05) is 5.41 Å². The van der Waals surface area contributed by atoms with Gasteiger partial charge in [-0.15, -0.1) is 0 Å². The summed E-state index contributed by atoms with van der Waals surface area (Å²) in [6.07, 6.45) is 4.13. The molecule has 20 heavy (non-hydrogen) atoms. The largest absolute Gasteiger partial charge is 0.499 e. The van der Waals surface area contributed by atoms with Crippen molar-refractivity contribution in [2.75, 3.05) is 20.0 Å². The molecule has 0 aliphatic heterocycles. The molecule has 0 spiro atoms. The summed E-state index contributed by atoms with van der Waals surface area (Å²) in [5.74, 6) is 1.45. The standard InChI is InChI=1S/C16H22N2O2/c1-16(2)9-11(8-14(20-4)15(16)18)10-5-6-12(17)13(7-10)19-3/h5-9,15H,17-18H2,1-4H3. The number of ether oxygens (including phenoxy) is 2. The quantitative estimate of drug-likeness (QED) is 0.831. The van der Waals surface area contributed by atoms with Crippen molar-refractivity contribution >= 4 is 11.3 Å². The molecule has 0 bridgehead atoms. The molecule has 0 amide bonds. The highest BCUT2D eigenvalue weighted by atomic mass is 16.5. The van der Waals surface area contributed by atoms with Crippen LogP contribution in [0.25, 0.3) is 5.57 Å². The maximum absolute atomic E-state index is 6.21. The molecule has 0 radical (unpaired) electrons. The molecule has 108 valence electrons. The first-order valence-electron chi connectivity index (χ1n) is 6.57. The van der Waals surface area contributed by atoms with Crippen molar-refractivity contribution in [1.29, 1.82) is 0 Å². The van der Waals surface area contributed by atoms with Crippen LogP contribution in [-0.2, 0) is 4.74 Å². The van der Waals surface area contributed by atoms with Crippen LogP contribution in [0.1, 0.15) is 19.4 Å². The minimum Gasteiger partial charge on any atom is -0.499 e. The lowest BCUT2D eigenvalue weighted by molar-refractivity contribution is 0.222. The summed E-state index contributed by atoms with van der Waals surface area (Å²) in [7, 11) is 3.26. The van der Waals surface area contributed by atoms with E-state index in [0.29, 0.717) is 11.4 Å². The Bertz CT molecular complexity index is 574. The molecule has 1 aromatic carbocycles. The van der Waals surface area contributed by atoms with Crippen LogP contribution in [0, 0.1) is 5.41 Å². The van der Waals surface area contributed by atoms with Crippen molar-refractivity contribution in [3.63, 3.8) is 0 Å². The van der Waals surface area contributed by atoms with Crippen LogP contribution in [0.4, 0.5) is 5.69 Å². The van der Waals surface area contributed by atoms with Gasteiger partial charge in [0.1, 0.15) is 11.5 Å². The zero-order chi connectivity index (χ0) is 14.9. The third kappa shape index (κ3) is 2.51. The number of nitrogen functional groups attached to an aromatic ring is 1. The van der Waals surface area contributed by atoms with E-state index in [0.717, 1.165) is 16.9 Å². The number of hydrogen-bond acceptors (Lipinski definition) is 4. The Morgan fingerprint density at radius 1 is 1.15 bits per heavy atom. The van der Waals surface area contributed by atoms with E-state index in [1.54, 1.807) is 14.2 Å². The predicted octanol–water partition coefficient (Wildman–Crippen LogP) is 2.56. The molecule has 0 saturated carbocycles. The molecular formula is C16H22N2O2. The Hall–Kier alpha value is -1.94. The number of rotatable bonds is 3. The Labute approximate surface area is 120 Å². The number of benzene rings is 1. The number of nitrogens with two attached hydrogens (primary N) is 2. The molecule has 0 heterocycles. The summed E-state index contributed by atoms with van der Waals surface area (Å²) < 4.78 is 10.7. The molecule has 4 heteroatoms. The Balaban J connectivity index is 2.49. The van der Waals surface area contributed by atoms with Gasteiger partial charge in [-0.1, -0.05) is 26.0 Å². The zero-order valence-electron chi connectivity index (χ0n) is 12.4. The summed E-state index contributed by atoms with van der Waals surface area (Å²) in [5, 5.41) is 0. The maximum Gasteiger partial charge on any atom is 0.142 e. The first-order valence-corrected chi connectivity index (χ1v) is 6.57. The molecule has 4 nitrogen and oxygen atoms in total. The van der Waals surface area contributed by atoms with Gasteiger partial charge in [-0.05, 0) is 29.3 Å². The van der Waals surface area contributed by atoms with Gasteiger partial charge in [0.05, 0.1) is 25.9 Å². The first kappa shape index (κ1) is 14.5. The van der Waals surface area contributed by atoms with E-state index in [4.69, 9.17) is 20.9 Å². The van der Waals surface area contributed by atoms with Crippen LogP contribution in [0.15, 0.2) is 36.1 Å². The van der Waals surface area contributed by atoms with Crippen LogP contribution in [0.2, 0.25) is 0 Å². The highest BCUT2D eigenvalue weighted by Gasteiger charge is 2.32. The molecule has 1 atom stereocenters. The van der Waals surface area contributed by atoms with E-state index in [2.05, 4.69) is 19.9 Å². The topological polar surface area (TPSA) is 70.5 Å². The van der Waals surface area contributed by atoms with Gasteiger partial charge in [-0.2, -0.15) is 0 Å². The van der Waals surface area contributed by atoms with Gasteiger partial charge in [0.25, 0.3) is 0 Å². The molecule has 2 rings (SSSR count). The SMILES string of the molecule is COC1=CC(c2ccc(N)c(OC)c2)=CC(C)(C)C1N. The molecule has 1 unspecified atom stereocenters. The molecule has 0 saturated heterocycles. The highest BCUT2D eigenvalue weighted by molar-refractivity contribution is 5.79. The second kappa shape index (κ2) is 5.21. The normalized spacial score (nSPS) is 20.9. The van der Waals surface area contributed by atoms with Crippen LogP contribution in [0.5, 0.6) is 5.75 Å². The van der Waals surface area contributed by atoms with Crippen molar-refractivity contribution in [2.24, 2.45) is 11.1 Å². The predicted molar refractivity (Wildman–Crippen MR) is 82.2 cm³/mol. The van der Waals surface area contributed by atoms with Gasteiger partial charge >= 0.3 is 0 Å². The van der Waals surface area contributed by atoms with Crippen molar-refractivity contribution in [2.45, 2.75) is 19.9 Å². The molecule has 1 aliphatic carbocycles. The number of anilines is 1. The van der Waals surface area contributed by atoms with Crippen molar-refractivity contribution in [3.05, 3.63) is 41.7 Å². The smallest absolute Gasteiger partial charge is 0.142 e. The van der Waals surface area contributed by atoms with Gasteiger partial charge in [-0.25, -0.2) is 0 Å². The van der Waals surface area contributed by atoms with Crippen LogP contribution in [0.3, 0.4) is 0 Å². The Morgan fingerprint density at radius 3 is 2.45 bits per heavy atom. The molecule has 4 N–H and O–H groups in total. The van der Waals surface area contributed by atoms with Gasteiger partial charge < -0.3 is 20.9 Å². The lowest BCUT2D eigenvalue weighted by Gasteiger charge is -2.34. The number of hydrogen-bond donors (Lipinski definition) is 2. The molecule has 0 aromatic heterocycles. The monoisotopic (exact) mass is 274 g/mol. The van der Waals surface area contributed by atoms with E-state index < -0.39 is 0 Å². The van der Waals surface area contributed by atoms with Gasteiger partial charge in [0.2, 0.25) is 0 Å². The Morgan fingerprint density at radius 2 is 1.85 bits per heavy atom. The average Bonchev–Trinajstić information content (AvgIpc) is 2.42. The maximum atomic E-state index is 6.21. The Kier molecular flexibility index (Phi) is 3.77. The molecule has 1 aromatic rings. The van der Waals surface area contributed by atoms with Gasteiger partial charge in [0.15, 0.2) is 0 Å². The average molecular weight is 274 g/mol. The van der Waals surface area contributed by atoms with Crippen molar-refractivity contribution in [3.8, 4) is 5.75 Å². The third-order valence-electron chi connectivity index (χ3n) is 3.74. The lowest BCUT2D eigenvalue weighted by atomic mass is 9.77. The molecule has 1 aliphatic rings. The number of allylic oxidation sites excluding steroid dienone is 2. The zero-order valence-corrected chi connectivity index (χ0v) is 12.4. The van der Waals surface area contributed by atoms with Crippen molar-refractivity contribution < 1.29 is 9.47 Å². The van der Waals surface area contributed by atoms with Crippen LogP contribution in [-0.4, -0.2) is 20.3 Å². The molecular weight excluding hydrogens is 252 g/mol. The minimum atomic E-state index is -0.177. The summed E-state index contributed by atoms with van der Waals surface area (Å²) in [5.41, 5.74) is 14.6. The van der Waals surface area contributed by atoms with E-state index in [1.165, 1.54) is 0 Å². The minimum absolute atomic E-state index is 0.146. The third-order valence-corrected chi connectivity index (χ3v) is 3.74. The highest BCUT2D eigenvalue weighted by Crippen LogP contribution is 2.37. The summed E-state index contributed by atoms with van der Waals surface area (Å²) in [6, 6.07) is 5.60. The summed E-state index contributed by atoms with van der Waals surface area (Å²) in [4.78, 5) is 0. The fraction of sp³-hybridized carbons (Fsp3) is 0.375. The lowest BCUT2D eigenvalue weighted by Crippen LogP contribution is -2.40. The van der Waals surface area contributed by atoms with Gasteiger partial charge in [-0.3, -0.25) is 0 Å². The summed E-state index contributed by atoms with van der Waals surface area (Å²) >= 11 is 0. The summed E-state index contributed by atoms with van der Waals surface area (Å²) in [6.45, 7) is 4.19. The van der Waals surface area contributed by atoms with Crippen LogP contribution < -0.4 is 16.2 Å². The number of methoxy groups -OCH3 is 2. The van der Waals surface area contributed by atoms with E-state index in [-0.39, 0.29) is 11.5 Å². The fourth-order valence-electron chi connectivity index (χ4n) is 2.39. The van der Waals surface area contributed by atoms with Crippen molar-refractivity contribution in [1.82, 2.24) is 0 Å². The first-order chi connectivity index (χ1) is 9.39. The van der Waals surface area contributed by atoms with E-state index in [9.17, 15) is 0 Å². The molecule has 0 fully saturated rings. The van der Waals surface area contributed by atoms with E-state index in [1.807, 2.05) is 24.3 Å². The van der Waals surface area contributed by atoms with Crippen LogP contribution >= 0.6 is 0 Å². The second-order valence-electron chi connectivity index (χ2n) is 5.61. The second-order valence-corrected chi connectivity index (χ2v) is 5.61. The fourth-order valence-corrected chi connectivity index (χ4v) is 2.39.